The van der Waals surface area contributed by atoms with Crippen LogP contribution in [0.25, 0.3) is 10.9 Å². The van der Waals surface area contributed by atoms with Gasteiger partial charge in [-0.2, -0.15) is 0 Å². The number of H-pyrrole nitrogens is 1. The quantitative estimate of drug-likeness (QED) is 0.771. The fourth-order valence-electron chi connectivity index (χ4n) is 2.86. The average molecular weight is 262 g/mol. The van der Waals surface area contributed by atoms with Gasteiger partial charge in [0, 0.05) is 0 Å². The van der Waals surface area contributed by atoms with Crippen molar-refractivity contribution < 1.29 is 0 Å². The number of benzene rings is 2. The first kappa shape index (κ1) is 11.4. The summed E-state index contributed by atoms with van der Waals surface area (Å²) in [5.74, 6) is 0.799. The van der Waals surface area contributed by atoms with Crippen LogP contribution in [0, 0.1) is 0 Å². The highest BCUT2D eigenvalue weighted by molar-refractivity contribution is 5.77. The molecular weight excluding hydrogens is 248 g/mol. The molecule has 1 N–H and O–H groups in total. The fourth-order valence-corrected chi connectivity index (χ4v) is 2.86. The molecule has 2 aromatic carbocycles. The minimum atomic E-state index is -0.0928. The number of para-hydroxylation sites is 1. The van der Waals surface area contributed by atoms with E-state index in [1.807, 2.05) is 42.5 Å². The van der Waals surface area contributed by atoms with Crippen LogP contribution < -0.4 is 5.56 Å². The van der Waals surface area contributed by atoms with E-state index in [1.54, 1.807) is 0 Å². The van der Waals surface area contributed by atoms with E-state index in [0.717, 1.165) is 24.2 Å². The minimum Gasteiger partial charge on any atom is -0.309 e. The lowest BCUT2D eigenvalue weighted by Gasteiger charge is -2.15. The van der Waals surface area contributed by atoms with Crippen LogP contribution in [-0.2, 0) is 5.41 Å². The number of nitrogens with one attached hydrogen (secondary N) is 1. The van der Waals surface area contributed by atoms with E-state index in [2.05, 4.69) is 17.1 Å². The molecule has 98 valence electrons. The van der Waals surface area contributed by atoms with Crippen molar-refractivity contribution in [3.8, 4) is 0 Å². The highest BCUT2D eigenvalue weighted by Gasteiger charge is 2.48. The molecule has 3 nitrogen and oxygen atoms in total. The lowest BCUT2D eigenvalue weighted by molar-refractivity contribution is 0.757. The third-order valence-corrected chi connectivity index (χ3v) is 4.14. The van der Waals surface area contributed by atoms with Gasteiger partial charge in [-0.05, 0) is 30.5 Å². The molecule has 3 aromatic rings. The van der Waals surface area contributed by atoms with Gasteiger partial charge in [-0.3, -0.25) is 4.79 Å². The topological polar surface area (TPSA) is 45.8 Å². The van der Waals surface area contributed by atoms with Gasteiger partial charge in [-0.15, -0.1) is 0 Å². The smallest absolute Gasteiger partial charge is 0.258 e. The number of hydrogen-bond donors (Lipinski definition) is 1. The maximum atomic E-state index is 12.2. The molecule has 1 aliphatic rings. The third kappa shape index (κ3) is 1.59. The van der Waals surface area contributed by atoms with Gasteiger partial charge in [-0.1, -0.05) is 42.5 Å². The molecule has 3 heteroatoms. The first-order valence-corrected chi connectivity index (χ1v) is 6.85. The van der Waals surface area contributed by atoms with Crippen LogP contribution in [0.3, 0.4) is 0 Å². The highest BCUT2D eigenvalue weighted by Crippen LogP contribution is 2.51. The molecule has 0 bridgehead atoms. The normalized spacial score (nSPS) is 16.2. The summed E-state index contributed by atoms with van der Waals surface area (Å²) in [5.41, 5.74) is 1.87. The molecule has 0 saturated heterocycles. The summed E-state index contributed by atoms with van der Waals surface area (Å²) >= 11 is 0. The second-order valence-corrected chi connectivity index (χ2v) is 5.38. The Balaban J connectivity index is 1.93. The zero-order chi connectivity index (χ0) is 13.6. The molecule has 1 fully saturated rings. The summed E-state index contributed by atoms with van der Waals surface area (Å²) in [6.07, 6.45) is 2.08. The summed E-state index contributed by atoms with van der Waals surface area (Å²) in [6.45, 7) is 0. The van der Waals surface area contributed by atoms with Crippen molar-refractivity contribution >= 4 is 10.9 Å². The number of fused-ring (bicyclic) bond motifs is 1. The Morgan fingerprint density at radius 3 is 2.40 bits per heavy atom. The van der Waals surface area contributed by atoms with Crippen LogP contribution in [0.15, 0.2) is 59.4 Å². The molecule has 0 amide bonds. The lowest BCUT2D eigenvalue weighted by Crippen LogP contribution is -2.20. The predicted octanol–water partition coefficient (Wildman–Crippen LogP) is 3.00. The van der Waals surface area contributed by atoms with Gasteiger partial charge in [0.1, 0.15) is 5.82 Å². The van der Waals surface area contributed by atoms with Crippen LogP contribution in [0.5, 0.6) is 0 Å². The maximum absolute atomic E-state index is 12.2. The van der Waals surface area contributed by atoms with Crippen LogP contribution in [0.2, 0.25) is 0 Å². The van der Waals surface area contributed by atoms with Gasteiger partial charge in [0.05, 0.1) is 16.3 Å². The Morgan fingerprint density at radius 2 is 1.65 bits per heavy atom. The zero-order valence-electron chi connectivity index (χ0n) is 11.0. The second-order valence-electron chi connectivity index (χ2n) is 5.38. The van der Waals surface area contributed by atoms with E-state index in [9.17, 15) is 4.79 Å². The SMILES string of the molecule is O=c1[nH]c(C2(c3ccccc3)CC2)nc2ccccc12. The lowest BCUT2D eigenvalue weighted by atomic mass is 9.95. The Morgan fingerprint density at radius 1 is 0.950 bits per heavy atom. The molecule has 1 heterocycles. The zero-order valence-corrected chi connectivity index (χ0v) is 11.0. The predicted molar refractivity (Wildman–Crippen MR) is 78.8 cm³/mol. The van der Waals surface area contributed by atoms with Crippen LogP contribution >= 0.6 is 0 Å². The highest BCUT2D eigenvalue weighted by atomic mass is 16.1. The molecule has 1 aliphatic carbocycles. The molecule has 0 spiro atoms. The van der Waals surface area contributed by atoms with Crippen molar-refractivity contribution in [2.75, 3.05) is 0 Å². The van der Waals surface area contributed by atoms with Crippen molar-refractivity contribution in [2.24, 2.45) is 0 Å². The van der Waals surface area contributed by atoms with Crippen LogP contribution in [0.1, 0.15) is 24.2 Å². The van der Waals surface area contributed by atoms with Gasteiger partial charge in [-0.25, -0.2) is 4.98 Å². The summed E-state index contributed by atoms with van der Waals surface area (Å²) in [7, 11) is 0. The fraction of sp³-hybridized carbons (Fsp3) is 0.176. The molecule has 0 aliphatic heterocycles. The number of aromatic nitrogens is 2. The Kier molecular flexibility index (Phi) is 2.30. The number of hydrogen-bond acceptors (Lipinski definition) is 2. The second kappa shape index (κ2) is 4.04. The summed E-state index contributed by atoms with van der Waals surface area (Å²) in [4.78, 5) is 19.9. The molecule has 1 saturated carbocycles. The Hall–Kier alpha value is -2.42. The third-order valence-electron chi connectivity index (χ3n) is 4.14. The van der Waals surface area contributed by atoms with Crippen LogP contribution in [0.4, 0.5) is 0 Å². The average Bonchev–Trinajstić information content (AvgIpc) is 3.30. The van der Waals surface area contributed by atoms with E-state index >= 15 is 0 Å². The van der Waals surface area contributed by atoms with E-state index in [4.69, 9.17) is 4.98 Å². The molecule has 0 radical (unpaired) electrons. The monoisotopic (exact) mass is 262 g/mol. The van der Waals surface area contributed by atoms with Gasteiger partial charge < -0.3 is 4.98 Å². The molecule has 0 atom stereocenters. The van der Waals surface area contributed by atoms with E-state index in [-0.39, 0.29) is 11.0 Å². The minimum absolute atomic E-state index is 0.0483. The molecule has 1 aromatic heterocycles. The molecule has 0 unspecified atom stereocenters. The Labute approximate surface area is 116 Å². The van der Waals surface area contributed by atoms with Gasteiger partial charge in [0.25, 0.3) is 5.56 Å². The first-order chi connectivity index (χ1) is 9.79. The van der Waals surface area contributed by atoms with E-state index < -0.39 is 0 Å². The molecular formula is C17H14N2O. The van der Waals surface area contributed by atoms with Crippen molar-refractivity contribution in [2.45, 2.75) is 18.3 Å². The van der Waals surface area contributed by atoms with Crippen molar-refractivity contribution in [1.29, 1.82) is 0 Å². The maximum Gasteiger partial charge on any atom is 0.258 e. The van der Waals surface area contributed by atoms with Gasteiger partial charge in [0.2, 0.25) is 0 Å². The summed E-state index contributed by atoms with van der Waals surface area (Å²) in [5, 5.41) is 0.653. The number of rotatable bonds is 2. The number of aromatic amines is 1. The van der Waals surface area contributed by atoms with Crippen molar-refractivity contribution in [3.63, 3.8) is 0 Å². The Bertz CT molecular complexity index is 832. The van der Waals surface area contributed by atoms with Gasteiger partial charge >= 0.3 is 0 Å². The number of nitrogens with zero attached hydrogens (tertiary/aromatic N) is 1. The summed E-state index contributed by atoms with van der Waals surface area (Å²) < 4.78 is 0. The van der Waals surface area contributed by atoms with Crippen LogP contribution in [-0.4, -0.2) is 9.97 Å². The molecule has 4 rings (SSSR count). The first-order valence-electron chi connectivity index (χ1n) is 6.85. The van der Waals surface area contributed by atoms with E-state index in [1.165, 1.54) is 5.56 Å². The summed E-state index contributed by atoms with van der Waals surface area (Å²) in [6, 6.07) is 17.8. The largest absolute Gasteiger partial charge is 0.309 e. The van der Waals surface area contributed by atoms with E-state index in [0.29, 0.717) is 5.39 Å². The van der Waals surface area contributed by atoms with Gasteiger partial charge in [0.15, 0.2) is 0 Å². The standard InChI is InChI=1S/C17H14N2O/c20-15-13-8-4-5-9-14(13)18-16(19-15)17(10-11-17)12-6-2-1-3-7-12/h1-9H,10-11H2,(H,18,19,20). The molecule has 20 heavy (non-hydrogen) atoms. The van der Waals surface area contributed by atoms with Crippen molar-refractivity contribution in [1.82, 2.24) is 9.97 Å². The van der Waals surface area contributed by atoms with Crippen molar-refractivity contribution in [3.05, 3.63) is 76.3 Å².